The van der Waals surface area contributed by atoms with Crippen LogP contribution in [0.1, 0.15) is 35.3 Å². The Morgan fingerprint density at radius 2 is 1.82 bits per heavy atom. The van der Waals surface area contributed by atoms with Crippen molar-refractivity contribution in [2.75, 3.05) is 7.11 Å². The molecule has 0 atom stereocenters. The van der Waals surface area contributed by atoms with Crippen molar-refractivity contribution >= 4 is 28.7 Å². The maximum absolute atomic E-state index is 13.0. The van der Waals surface area contributed by atoms with Crippen LogP contribution >= 0.6 is 0 Å². The van der Waals surface area contributed by atoms with Crippen molar-refractivity contribution in [1.29, 1.82) is 0 Å². The molecule has 0 saturated carbocycles. The summed E-state index contributed by atoms with van der Waals surface area (Å²) < 4.78 is 11.5. The van der Waals surface area contributed by atoms with Gasteiger partial charge in [0.1, 0.15) is 17.1 Å². The molecule has 1 aliphatic heterocycles. The molecule has 0 amide bonds. The average Bonchev–Trinajstić information content (AvgIpc) is 2.70. The summed E-state index contributed by atoms with van der Waals surface area (Å²) in [4.78, 5) is 13.0. The number of rotatable bonds is 4. The molecule has 0 aromatic heterocycles. The number of ether oxygens (including phenoxy) is 2. The van der Waals surface area contributed by atoms with Gasteiger partial charge in [0.05, 0.1) is 18.2 Å². The lowest BCUT2D eigenvalue weighted by Gasteiger charge is -2.29. The second-order valence-corrected chi connectivity index (χ2v) is 7.36. The number of methoxy groups -OCH3 is 1. The van der Waals surface area contributed by atoms with Crippen molar-refractivity contribution < 1.29 is 14.3 Å². The molecule has 0 radical (unpaired) electrons. The molecule has 3 nitrogen and oxygen atoms in total. The molecule has 0 fully saturated rings. The largest absolute Gasteiger partial charge is 0.496 e. The van der Waals surface area contributed by atoms with Crippen molar-refractivity contribution in [3.05, 3.63) is 83.4 Å². The van der Waals surface area contributed by atoms with Gasteiger partial charge in [0.2, 0.25) is 0 Å². The van der Waals surface area contributed by atoms with E-state index in [0.29, 0.717) is 17.1 Å². The predicted molar refractivity (Wildman–Crippen MR) is 114 cm³/mol. The van der Waals surface area contributed by atoms with Crippen molar-refractivity contribution in [3.8, 4) is 11.5 Å². The van der Waals surface area contributed by atoms with E-state index < -0.39 is 5.60 Å². The monoisotopic (exact) mass is 370 g/mol. The Kier molecular flexibility index (Phi) is 4.52. The molecule has 3 aromatic carbocycles. The lowest BCUT2D eigenvalue weighted by atomic mass is 9.97. The van der Waals surface area contributed by atoms with Crippen LogP contribution in [0.4, 0.5) is 0 Å². The van der Waals surface area contributed by atoms with Crippen LogP contribution in [0.5, 0.6) is 11.5 Å². The van der Waals surface area contributed by atoms with Gasteiger partial charge in [-0.15, -0.1) is 0 Å². The van der Waals surface area contributed by atoms with E-state index >= 15 is 0 Å². The fraction of sp³-hybridized carbons (Fsp3) is 0.160. The highest BCUT2D eigenvalue weighted by Gasteiger charge is 2.27. The van der Waals surface area contributed by atoms with E-state index in [2.05, 4.69) is 18.2 Å². The molecule has 1 aliphatic rings. The lowest BCUT2D eigenvalue weighted by Crippen LogP contribution is -2.28. The van der Waals surface area contributed by atoms with Gasteiger partial charge < -0.3 is 9.47 Å². The molecule has 3 heteroatoms. The molecule has 1 heterocycles. The summed E-state index contributed by atoms with van der Waals surface area (Å²) in [6, 6.07) is 17.8. The number of hydrogen-bond donors (Lipinski definition) is 0. The zero-order chi connectivity index (χ0) is 19.7. The van der Waals surface area contributed by atoms with Crippen molar-refractivity contribution in [1.82, 2.24) is 0 Å². The fourth-order valence-corrected chi connectivity index (χ4v) is 3.45. The third-order valence-electron chi connectivity index (χ3n) is 4.90. The second kappa shape index (κ2) is 7.01. The van der Waals surface area contributed by atoms with E-state index in [1.54, 1.807) is 19.3 Å². The van der Waals surface area contributed by atoms with Gasteiger partial charge in [0, 0.05) is 0 Å². The second-order valence-electron chi connectivity index (χ2n) is 7.36. The number of hydrogen-bond acceptors (Lipinski definition) is 3. The summed E-state index contributed by atoms with van der Waals surface area (Å²) in [6.45, 7) is 3.93. The molecule has 0 spiro atoms. The van der Waals surface area contributed by atoms with Crippen LogP contribution in [0.2, 0.25) is 0 Å². The van der Waals surface area contributed by atoms with Crippen LogP contribution < -0.4 is 9.47 Å². The maximum Gasteiger partial charge on any atom is 0.189 e. The number of fused-ring (bicyclic) bond motifs is 2. The molecule has 28 heavy (non-hydrogen) atoms. The number of carbonyl (C=O) groups excluding carboxylic acids is 1. The van der Waals surface area contributed by atoms with Crippen molar-refractivity contribution in [3.63, 3.8) is 0 Å². The SMILES string of the molecule is COc1ccc(C(=O)C=Cc2cccc3ccccc23)c2c1C=CC(C)(C)O2. The highest BCUT2D eigenvalue weighted by atomic mass is 16.5. The Morgan fingerprint density at radius 3 is 2.64 bits per heavy atom. The topological polar surface area (TPSA) is 35.5 Å². The molecule has 0 aliphatic carbocycles. The van der Waals surface area contributed by atoms with Crippen LogP contribution in [-0.2, 0) is 0 Å². The Labute approximate surface area is 164 Å². The molecular formula is C25H22O3. The summed E-state index contributed by atoms with van der Waals surface area (Å²) in [7, 11) is 1.62. The van der Waals surface area contributed by atoms with Gasteiger partial charge in [-0.3, -0.25) is 4.79 Å². The number of carbonyl (C=O) groups is 1. The van der Waals surface area contributed by atoms with Crippen molar-refractivity contribution in [2.24, 2.45) is 0 Å². The van der Waals surface area contributed by atoms with Gasteiger partial charge in [-0.05, 0) is 60.5 Å². The zero-order valence-corrected chi connectivity index (χ0v) is 16.2. The van der Waals surface area contributed by atoms with E-state index in [0.717, 1.165) is 21.9 Å². The minimum absolute atomic E-state index is 0.0991. The fourth-order valence-electron chi connectivity index (χ4n) is 3.45. The molecule has 4 rings (SSSR count). The predicted octanol–water partition coefficient (Wildman–Crippen LogP) is 5.93. The Balaban J connectivity index is 1.73. The summed E-state index contributed by atoms with van der Waals surface area (Å²) in [6.07, 6.45) is 7.41. The van der Waals surface area contributed by atoms with Crippen LogP contribution in [0.25, 0.3) is 22.9 Å². The Bertz CT molecular complexity index is 1110. The first-order valence-corrected chi connectivity index (χ1v) is 9.28. The normalized spacial score (nSPS) is 14.7. The summed E-state index contributed by atoms with van der Waals surface area (Å²) in [5.41, 5.74) is 1.86. The maximum atomic E-state index is 13.0. The summed E-state index contributed by atoms with van der Waals surface area (Å²) in [5, 5.41) is 2.26. The highest BCUT2D eigenvalue weighted by Crippen LogP contribution is 2.40. The Hall–Kier alpha value is -3.33. The number of ketones is 1. The third-order valence-corrected chi connectivity index (χ3v) is 4.90. The first-order valence-electron chi connectivity index (χ1n) is 9.28. The van der Waals surface area contributed by atoms with Crippen LogP contribution in [0.15, 0.2) is 66.7 Å². The zero-order valence-electron chi connectivity index (χ0n) is 16.2. The van der Waals surface area contributed by atoms with Gasteiger partial charge >= 0.3 is 0 Å². The summed E-state index contributed by atoms with van der Waals surface area (Å²) in [5.74, 6) is 1.16. The highest BCUT2D eigenvalue weighted by molar-refractivity contribution is 6.10. The number of benzene rings is 3. The quantitative estimate of drug-likeness (QED) is 0.422. The smallest absolute Gasteiger partial charge is 0.189 e. The number of allylic oxidation sites excluding steroid dienone is 1. The molecule has 0 bridgehead atoms. The van der Waals surface area contributed by atoms with Crippen molar-refractivity contribution in [2.45, 2.75) is 19.4 Å². The first-order chi connectivity index (χ1) is 13.5. The molecule has 140 valence electrons. The van der Waals surface area contributed by atoms with Gasteiger partial charge in [-0.25, -0.2) is 0 Å². The average molecular weight is 370 g/mol. The minimum atomic E-state index is -0.478. The van der Waals surface area contributed by atoms with Crippen LogP contribution in [-0.4, -0.2) is 18.5 Å². The van der Waals surface area contributed by atoms with Gasteiger partial charge in [0.25, 0.3) is 0 Å². The van der Waals surface area contributed by atoms with E-state index in [4.69, 9.17) is 9.47 Å². The molecule has 0 saturated heterocycles. The van der Waals surface area contributed by atoms with Gasteiger partial charge in [-0.1, -0.05) is 48.5 Å². The molecule has 0 N–H and O–H groups in total. The third kappa shape index (κ3) is 3.31. The van der Waals surface area contributed by atoms with E-state index in [9.17, 15) is 4.79 Å². The van der Waals surface area contributed by atoms with Gasteiger partial charge in [0.15, 0.2) is 5.78 Å². The van der Waals surface area contributed by atoms with Crippen LogP contribution in [0, 0.1) is 0 Å². The summed E-state index contributed by atoms with van der Waals surface area (Å²) >= 11 is 0. The lowest BCUT2D eigenvalue weighted by molar-refractivity contribution is 0.103. The molecule has 3 aromatic rings. The first kappa shape index (κ1) is 18.1. The molecule has 0 unspecified atom stereocenters. The standard InChI is InChI=1S/C25H22O3/c1-25(2)16-15-21-23(27-3)14-12-20(24(21)28-25)22(26)13-11-18-9-6-8-17-7-4-5-10-19(17)18/h4-16H,1-3H3. The van der Waals surface area contributed by atoms with E-state index in [1.165, 1.54) is 0 Å². The van der Waals surface area contributed by atoms with Gasteiger partial charge in [-0.2, -0.15) is 0 Å². The molecular weight excluding hydrogens is 348 g/mol. The van der Waals surface area contributed by atoms with E-state index in [-0.39, 0.29) is 5.78 Å². The van der Waals surface area contributed by atoms with E-state index in [1.807, 2.05) is 62.4 Å². The minimum Gasteiger partial charge on any atom is -0.496 e. The Morgan fingerprint density at radius 1 is 1.04 bits per heavy atom. The van der Waals surface area contributed by atoms with Crippen LogP contribution in [0.3, 0.4) is 0 Å².